The SMILES string of the molecule is N[C@H](CC(=O)O)c1ccc(S)cc1O. The van der Waals surface area contributed by atoms with Gasteiger partial charge in [-0.05, 0) is 12.1 Å². The van der Waals surface area contributed by atoms with Crippen LogP contribution in [0.15, 0.2) is 23.1 Å². The Bertz CT molecular complexity index is 354. The van der Waals surface area contributed by atoms with Gasteiger partial charge in [-0.2, -0.15) is 0 Å². The van der Waals surface area contributed by atoms with Gasteiger partial charge in [-0.1, -0.05) is 6.07 Å². The van der Waals surface area contributed by atoms with E-state index in [1.807, 2.05) is 0 Å². The van der Waals surface area contributed by atoms with E-state index in [9.17, 15) is 9.90 Å². The topological polar surface area (TPSA) is 83.6 Å². The molecule has 0 saturated heterocycles. The van der Waals surface area contributed by atoms with Crippen molar-refractivity contribution in [3.8, 4) is 5.75 Å². The predicted molar refractivity (Wildman–Crippen MR) is 54.5 cm³/mol. The molecule has 1 aromatic carbocycles. The number of rotatable bonds is 3. The Hall–Kier alpha value is -1.20. The van der Waals surface area contributed by atoms with Gasteiger partial charge >= 0.3 is 5.97 Å². The Morgan fingerprint density at radius 2 is 2.21 bits per heavy atom. The van der Waals surface area contributed by atoms with E-state index in [4.69, 9.17) is 10.8 Å². The van der Waals surface area contributed by atoms with Crippen LogP contribution in [0.5, 0.6) is 5.75 Å². The highest BCUT2D eigenvalue weighted by Gasteiger charge is 2.14. The maximum atomic E-state index is 10.4. The molecule has 76 valence electrons. The molecule has 0 aliphatic carbocycles. The van der Waals surface area contributed by atoms with Crippen molar-refractivity contribution in [2.24, 2.45) is 5.73 Å². The standard InChI is InChI=1S/C9H11NO3S/c10-7(4-9(12)13)6-2-1-5(14)3-8(6)11/h1-3,7,11,14H,4,10H2,(H,12,13)/t7-/m1/s1. The van der Waals surface area contributed by atoms with Crippen molar-refractivity contribution in [2.75, 3.05) is 0 Å². The summed E-state index contributed by atoms with van der Waals surface area (Å²) < 4.78 is 0. The minimum Gasteiger partial charge on any atom is -0.508 e. The number of hydrogen-bond donors (Lipinski definition) is 4. The molecule has 0 heterocycles. The summed E-state index contributed by atoms with van der Waals surface area (Å²) in [6, 6.07) is 3.96. The second-order valence-electron chi connectivity index (χ2n) is 2.95. The summed E-state index contributed by atoms with van der Waals surface area (Å²) in [6.07, 6.45) is -0.209. The van der Waals surface area contributed by atoms with E-state index in [-0.39, 0.29) is 12.2 Å². The van der Waals surface area contributed by atoms with Gasteiger partial charge in [-0.3, -0.25) is 4.79 Å². The van der Waals surface area contributed by atoms with Crippen LogP contribution in [0.25, 0.3) is 0 Å². The highest BCUT2D eigenvalue weighted by molar-refractivity contribution is 7.80. The number of hydrogen-bond acceptors (Lipinski definition) is 4. The fourth-order valence-electron chi connectivity index (χ4n) is 1.14. The molecule has 0 radical (unpaired) electrons. The van der Waals surface area contributed by atoms with Gasteiger partial charge in [0.1, 0.15) is 5.75 Å². The fraction of sp³-hybridized carbons (Fsp3) is 0.222. The number of nitrogens with two attached hydrogens (primary N) is 1. The zero-order valence-electron chi connectivity index (χ0n) is 7.34. The number of phenolic OH excluding ortho intramolecular Hbond substituents is 1. The first-order chi connectivity index (χ1) is 6.50. The molecular weight excluding hydrogens is 202 g/mol. The van der Waals surface area contributed by atoms with Crippen molar-refractivity contribution in [1.29, 1.82) is 0 Å². The largest absolute Gasteiger partial charge is 0.508 e. The Morgan fingerprint density at radius 3 is 2.71 bits per heavy atom. The summed E-state index contributed by atoms with van der Waals surface area (Å²) in [5, 5.41) is 18.0. The molecule has 1 aromatic rings. The number of thiol groups is 1. The molecule has 0 aromatic heterocycles. The van der Waals surface area contributed by atoms with Crippen molar-refractivity contribution in [3.63, 3.8) is 0 Å². The Labute approximate surface area is 86.8 Å². The van der Waals surface area contributed by atoms with E-state index in [1.54, 1.807) is 12.1 Å². The van der Waals surface area contributed by atoms with Crippen LogP contribution >= 0.6 is 12.6 Å². The van der Waals surface area contributed by atoms with Crippen LogP contribution in [0.3, 0.4) is 0 Å². The first kappa shape index (κ1) is 10.9. The van der Waals surface area contributed by atoms with Crippen molar-refractivity contribution in [3.05, 3.63) is 23.8 Å². The fourth-order valence-corrected chi connectivity index (χ4v) is 1.34. The molecule has 0 saturated carbocycles. The summed E-state index contributed by atoms with van der Waals surface area (Å²) in [5.74, 6) is -1.02. The van der Waals surface area contributed by atoms with E-state index >= 15 is 0 Å². The van der Waals surface area contributed by atoms with Gasteiger partial charge in [-0.25, -0.2) is 0 Å². The third-order valence-electron chi connectivity index (χ3n) is 1.81. The predicted octanol–water partition coefficient (Wildman–Crippen LogP) is 1.16. The second kappa shape index (κ2) is 4.34. The molecule has 4 N–H and O–H groups in total. The third-order valence-corrected chi connectivity index (χ3v) is 2.09. The Morgan fingerprint density at radius 1 is 1.57 bits per heavy atom. The van der Waals surface area contributed by atoms with E-state index in [1.165, 1.54) is 6.07 Å². The van der Waals surface area contributed by atoms with Crippen molar-refractivity contribution in [1.82, 2.24) is 0 Å². The molecule has 0 aliphatic rings. The van der Waals surface area contributed by atoms with Gasteiger partial charge in [0.05, 0.1) is 6.42 Å². The average Bonchev–Trinajstić information content (AvgIpc) is 2.01. The molecule has 1 rings (SSSR count). The summed E-state index contributed by atoms with van der Waals surface area (Å²) in [4.78, 5) is 11.0. The van der Waals surface area contributed by atoms with Gasteiger partial charge in [0, 0.05) is 16.5 Å². The highest BCUT2D eigenvalue weighted by atomic mass is 32.1. The normalized spacial score (nSPS) is 12.4. The number of phenols is 1. The van der Waals surface area contributed by atoms with Crippen LogP contribution in [0.1, 0.15) is 18.0 Å². The zero-order chi connectivity index (χ0) is 10.7. The van der Waals surface area contributed by atoms with Crippen LogP contribution < -0.4 is 5.73 Å². The third kappa shape index (κ3) is 2.65. The molecule has 4 nitrogen and oxygen atoms in total. The Kier molecular flexibility index (Phi) is 3.38. The lowest BCUT2D eigenvalue weighted by Gasteiger charge is -2.11. The lowest BCUT2D eigenvalue weighted by Crippen LogP contribution is -2.15. The average molecular weight is 213 g/mol. The molecule has 14 heavy (non-hydrogen) atoms. The lowest BCUT2D eigenvalue weighted by molar-refractivity contribution is -0.137. The zero-order valence-corrected chi connectivity index (χ0v) is 8.24. The quantitative estimate of drug-likeness (QED) is 0.568. The molecule has 0 spiro atoms. The number of carbonyl (C=O) groups is 1. The molecule has 1 atom stereocenters. The maximum absolute atomic E-state index is 10.4. The van der Waals surface area contributed by atoms with Crippen molar-refractivity contribution in [2.45, 2.75) is 17.4 Å². The highest BCUT2D eigenvalue weighted by Crippen LogP contribution is 2.26. The number of carboxylic acid groups (broad SMARTS) is 1. The molecule has 0 fully saturated rings. The molecule has 0 bridgehead atoms. The molecular formula is C9H11NO3S. The minimum atomic E-state index is -0.994. The number of aromatic hydroxyl groups is 1. The van der Waals surface area contributed by atoms with Crippen LogP contribution in [0, 0.1) is 0 Å². The van der Waals surface area contributed by atoms with Crippen LogP contribution in [-0.4, -0.2) is 16.2 Å². The number of aliphatic carboxylic acids is 1. The van der Waals surface area contributed by atoms with Gasteiger partial charge in [0.2, 0.25) is 0 Å². The molecule has 5 heteroatoms. The summed E-state index contributed by atoms with van der Waals surface area (Å²) in [5.41, 5.74) is 6.00. The minimum absolute atomic E-state index is 0.0220. The molecule has 0 amide bonds. The van der Waals surface area contributed by atoms with Crippen LogP contribution in [0.2, 0.25) is 0 Å². The number of carboxylic acids is 1. The van der Waals surface area contributed by atoms with Gasteiger partial charge in [-0.15, -0.1) is 12.6 Å². The van der Waals surface area contributed by atoms with Crippen LogP contribution in [0.4, 0.5) is 0 Å². The van der Waals surface area contributed by atoms with Gasteiger partial charge < -0.3 is 15.9 Å². The van der Waals surface area contributed by atoms with Crippen LogP contribution in [-0.2, 0) is 4.79 Å². The monoisotopic (exact) mass is 213 g/mol. The van der Waals surface area contributed by atoms with Gasteiger partial charge in [0.25, 0.3) is 0 Å². The second-order valence-corrected chi connectivity index (χ2v) is 3.46. The summed E-state index contributed by atoms with van der Waals surface area (Å²) in [6.45, 7) is 0. The van der Waals surface area contributed by atoms with E-state index in [2.05, 4.69) is 12.6 Å². The van der Waals surface area contributed by atoms with E-state index in [0.29, 0.717) is 10.5 Å². The Balaban J connectivity index is 2.90. The van der Waals surface area contributed by atoms with E-state index < -0.39 is 12.0 Å². The first-order valence-electron chi connectivity index (χ1n) is 4.00. The van der Waals surface area contributed by atoms with Crippen molar-refractivity contribution >= 4 is 18.6 Å². The van der Waals surface area contributed by atoms with Gasteiger partial charge in [0.15, 0.2) is 0 Å². The first-order valence-corrected chi connectivity index (χ1v) is 4.44. The summed E-state index contributed by atoms with van der Waals surface area (Å²) in [7, 11) is 0. The molecule has 0 unspecified atom stereocenters. The number of benzene rings is 1. The lowest BCUT2D eigenvalue weighted by atomic mass is 10.0. The molecule has 0 aliphatic heterocycles. The van der Waals surface area contributed by atoms with Crippen molar-refractivity contribution < 1.29 is 15.0 Å². The smallest absolute Gasteiger partial charge is 0.305 e. The van der Waals surface area contributed by atoms with E-state index in [0.717, 1.165) is 0 Å². The maximum Gasteiger partial charge on any atom is 0.305 e. The summed E-state index contributed by atoms with van der Waals surface area (Å²) >= 11 is 4.02.